The molecule has 1 amide bonds. The van der Waals surface area contributed by atoms with Crippen LogP contribution in [-0.4, -0.2) is 52.4 Å². The Hall–Kier alpha value is -3.09. The van der Waals surface area contributed by atoms with Crippen molar-refractivity contribution < 1.29 is 4.79 Å². The van der Waals surface area contributed by atoms with Crippen LogP contribution in [0.5, 0.6) is 0 Å². The van der Waals surface area contributed by atoms with Crippen LogP contribution in [0.15, 0.2) is 40.0 Å². The number of likely N-dealkylation sites (N-methyl/N-ethyl adjacent to an activating group) is 1. The Kier molecular flexibility index (Phi) is 7.10. The highest BCUT2D eigenvalue weighted by molar-refractivity contribution is 8.26. The van der Waals surface area contributed by atoms with Gasteiger partial charge in [-0.1, -0.05) is 42.2 Å². The molecule has 0 unspecified atom stereocenters. The molecular formula is C25H27N5O2S2. The zero-order chi connectivity index (χ0) is 24.4. The fourth-order valence-corrected chi connectivity index (χ4v) is 5.86. The molecule has 7 nitrogen and oxygen atoms in total. The van der Waals surface area contributed by atoms with E-state index in [2.05, 4.69) is 28.0 Å². The van der Waals surface area contributed by atoms with E-state index in [0.29, 0.717) is 27.9 Å². The van der Waals surface area contributed by atoms with Crippen LogP contribution in [0.4, 0.5) is 11.5 Å². The second-order valence-corrected chi connectivity index (χ2v) is 9.81. The number of nitrogens with zero attached hydrogens (tertiary/aromatic N) is 5. The van der Waals surface area contributed by atoms with Crippen molar-refractivity contribution >= 4 is 51.8 Å². The number of piperazine rings is 1. The van der Waals surface area contributed by atoms with Crippen molar-refractivity contribution in [1.29, 1.82) is 5.26 Å². The summed E-state index contributed by atoms with van der Waals surface area (Å²) in [4.78, 5) is 32.7. The molecule has 0 N–H and O–H groups in total. The smallest absolute Gasteiger partial charge is 0.270 e. The fourth-order valence-electron chi connectivity index (χ4n) is 4.50. The van der Waals surface area contributed by atoms with Gasteiger partial charge in [0.15, 0.2) is 0 Å². The monoisotopic (exact) mass is 493 g/mol. The predicted octanol–water partition coefficient (Wildman–Crippen LogP) is 3.60. The molecule has 0 spiro atoms. The van der Waals surface area contributed by atoms with Crippen LogP contribution in [0, 0.1) is 18.3 Å². The van der Waals surface area contributed by atoms with Crippen LogP contribution in [0.2, 0.25) is 0 Å². The maximum atomic E-state index is 13.2. The van der Waals surface area contributed by atoms with Crippen LogP contribution in [-0.2, 0) is 11.3 Å². The first-order valence-electron chi connectivity index (χ1n) is 11.4. The number of anilines is 2. The van der Waals surface area contributed by atoms with E-state index >= 15 is 0 Å². The van der Waals surface area contributed by atoms with E-state index < -0.39 is 0 Å². The number of nitriles is 1. The van der Waals surface area contributed by atoms with Crippen LogP contribution in [0.1, 0.15) is 30.5 Å². The number of carbonyl (C=O) groups excluding carboxylic acids is 1. The Balaban J connectivity index is 1.79. The molecule has 1 aromatic heterocycles. The van der Waals surface area contributed by atoms with E-state index in [1.807, 2.05) is 38.1 Å². The van der Waals surface area contributed by atoms with Crippen LogP contribution < -0.4 is 15.4 Å². The van der Waals surface area contributed by atoms with Crippen LogP contribution in [0.25, 0.3) is 6.08 Å². The van der Waals surface area contributed by atoms with E-state index in [9.17, 15) is 14.9 Å². The Morgan fingerprint density at radius 1 is 1.06 bits per heavy atom. The summed E-state index contributed by atoms with van der Waals surface area (Å²) >= 11 is 6.65. The summed E-state index contributed by atoms with van der Waals surface area (Å²) < 4.78 is 2.19. The molecule has 3 heterocycles. The second kappa shape index (κ2) is 10.0. The van der Waals surface area contributed by atoms with Gasteiger partial charge in [-0.15, -0.1) is 0 Å². The summed E-state index contributed by atoms with van der Waals surface area (Å²) in [5.74, 6) is 0.628. The van der Waals surface area contributed by atoms with Crippen molar-refractivity contribution in [3.8, 4) is 6.07 Å². The van der Waals surface area contributed by atoms with Crippen molar-refractivity contribution in [3.63, 3.8) is 0 Å². The molecule has 0 saturated carbocycles. The zero-order valence-corrected chi connectivity index (χ0v) is 21.2. The van der Waals surface area contributed by atoms with E-state index in [0.717, 1.165) is 37.6 Å². The van der Waals surface area contributed by atoms with Gasteiger partial charge >= 0.3 is 0 Å². The van der Waals surface area contributed by atoms with Crippen molar-refractivity contribution in [3.05, 3.63) is 62.3 Å². The highest BCUT2D eigenvalue weighted by Crippen LogP contribution is 2.36. The summed E-state index contributed by atoms with van der Waals surface area (Å²) in [6.45, 7) is 9.56. The third-order valence-electron chi connectivity index (χ3n) is 6.33. The highest BCUT2D eigenvalue weighted by atomic mass is 32.2. The SMILES string of the molecule is CCN1C(=O)/C(=C\c2c(C)c(C#N)c(=O)n(CC)c2N2CCN(c3ccccc3)CC2)SC1=S. The number of pyridine rings is 1. The van der Waals surface area contributed by atoms with E-state index in [1.165, 1.54) is 17.4 Å². The van der Waals surface area contributed by atoms with Gasteiger partial charge in [0.05, 0.1) is 4.91 Å². The van der Waals surface area contributed by atoms with Gasteiger partial charge in [0.1, 0.15) is 21.8 Å². The summed E-state index contributed by atoms with van der Waals surface area (Å²) in [5.41, 5.74) is 2.34. The van der Waals surface area contributed by atoms with Crippen molar-refractivity contribution in [1.82, 2.24) is 9.47 Å². The third-order valence-corrected chi connectivity index (χ3v) is 7.71. The van der Waals surface area contributed by atoms with Gasteiger partial charge in [-0.2, -0.15) is 5.26 Å². The molecule has 34 heavy (non-hydrogen) atoms. The second-order valence-electron chi connectivity index (χ2n) is 8.13. The van der Waals surface area contributed by atoms with Gasteiger partial charge in [-0.25, -0.2) is 0 Å². The minimum atomic E-state index is -0.291. The molecule has 2 aliphatic rings. The molecule has 176 valence electrons. The first-order chi connectivity index (χ1) is 16.4. The number of rotatable bonds is 5. The van der Waals surface area contributed by atoms with Gasteiger partial charge in [0, 0.05) is 50.5 Å². The lowest BCUT2D eigenvalue weighted by Crippen LogP contribution is -2.48. The van der Waals surface area contributed by atoms with Gasteiger partial charge in [-0.3, -0.25) is 19.1 Å². The first-order valence-corrected chi connectivity index (χ1v) is 12.6. The van der Waals surface area contributed by atoms with Gasteiger partial charge in [0.25, 0.3) is 11.5 Å². The third kappa shape index (κ3) is 4.24. The Bertz CT molecular complexity index is 1250. The molecule has 4 rings (SSSR count). The summed E-state index contributed by atoms with van der Waals surface area (Å²) in [6, 6.07) is 12.4. The number of aromatic nitrogens is 1. The lowest BCUT2D eigenvalue weighted by molar-refractivity contribution is -0.121. The molecule has 0 atom stereocenters. The lowest BCUT2D eigenvalue weighted by Gasteiger charge is -2.39. The van der Waals surface area contributed by atoms with Gasteiger partial charge in [-0.05, 0) is 44.5 Å². The number of thiocarbonyl (C=S) groups is 1. The number of hydrogen-bond donors (Lipinski definition) is 0. The largest absolute Gasteiger partial charge is 0.368 e. The van der Waals surface area contributed by atoms with Crippen molar-refractivity contribution in [2.24, 2.45) is 0 Å². The number of hydrogen-bond acceptors (Lipinski definition) is 7. The topological polar surface area (TPSA) is 72.6 Å². The molecule has 2 fully saturated rings. The van der Waals surface area contributed by atoms with E-state index in [1.54, 1.807) is 16.4 Å². The molecule has 0 aliphatic carbocycles. The average Bonchev–Trinajstić information content (AvgIpc) is 3.13. The number of para-hydroxylation sites is 1. The maximum absolute atomic E-state index is 13.2. The molecule has 2 saturated heterocycles. The number of carbonyl (C=O) groups is 1. The van der Waals surface area contributed by atoms with Crippen molar-refractivity contribution in [2.75, 3.05) is 42.5 Å². The van der Waals surface area contributed by atoms with E-state index in [-0.39, 0.29) is 17.0 Å². The minimum absolute atomic E-state index is 0.116. The standard InChI is InChI=1S/C25H27N5O2S2/c1-4-29-22(28-13-11-27(12-14-28)18-9-7-6-8-10-18)19(17(3)20(16-26)23(29)31)15-21-24(32)30(5-2)25(33)34-21/h6-10,15H,4-5,11-14H2,1-3H3/b21-15+. The number of thioether (sulfide) groups is 1. The normalized spacial score (nSPS) is 17.6. The molecule has 9 heteroatoms. The molecule has 0 radical (unpaired) electrons. The predicted molar refractivity (Wildman–Crippen MR) is 142 cm³/mol. The Morgan fingerprint density at radius 2 is 1.71 bits per heavy atom. The number of benzene rings is 1. The molecular weight excluding hydrogens is 466 g/mol. The number of amides is 1. The van der Waals surface area contributed by atoms with Gasteiger partial charge in [0.2, 0.25) is 0 Å². The summed E-state index contributed by atoms with van der Waals surface area (Å²) in [7, 11) is 0. The maximum Gasteiger partial charge on any atom is 0.270 e. The molecule has 1 aromatic carbocycles. The molecule has 0 bridgehead atoms. The minimum Gasteiger partial charge on any atom is -0.368 e. The van der Waals surface area contributed by atoms with Crippen molar-refractivity contribution in [2.45, 2.75) is 27.3 Å². The Labute approximate surface area is 209 Å². The highest BCUT2D eigenvalue weighted by Gasteiger charge is 2.32. The quantitative estimate of drug-likeness (QED) is 0.466. The summed E-state index contributed by atoms with van der Waals surface area (Å²) in [5, 5.41) is 9.74. The van der Waals surface area contributed by atoms with Crippen LogP contribution >= 0.6 is 24.0 Å². The average molecular weight is 494 g/mol. The van der Waals surface area contributed by atoms with Gasteiger partial charge < -0.3 is 9.80 Å². The fraction of sp³-hybridized carbons (Fsp3) is 0.360. The molecule has 2 aliphatic heterocycles. The summed E-state index contributed by atoms with van der Waals surface area (Å²) in [6.07, 6.45) is 1.82. The van der Waals surface area contributed by atoms with Crippen LogP contribution in [0.3, 0.4) is 0 Å². The molecule has 2 aromatic rings. The lowest BCUT2D eigenvalue weighted by atomic mass is 10.0. The zero-order valence-electron chi connectivity index (χ0n) is 19.6. The Morgan fingerprint density at radius 3 is 2.26 bits per heavy atom. The van der Waals surface area contributed by atoms with E-state index in [4.69, 9.17) is 12.2 Å². The first kappa shape index (κ1) is 24.0.